The number of fused-ring (bicyclic) bond motifs is 1. The zero-order valence-corrected chi connectivity index (χ0v) is 10.7. The first-order valence-corrected chi connectivity index (χ1v) is 5.75. The molecule has 2 heterocycles. The van der Waals surface area contributed by atoms with E-state index in [0.717, 1.165) is 16.1 Å². The second-order valence-corrected chi connectivity index (χ2v) is 4.50. The van der Waals surface area contributed by atoms with Crippen molar-refractivity contribution in [2.45, 2.75) is 13.0 Å². The molecule has 0 fully saturated rings. The lowest BCUT2D eigenvalue weighted by Gasteiger charge is -2.24. The Hall–Kier alpha value is -1.14. The highest BCUT2D eigenvalue weighted by molar-refractivity contribution is 9.10. The Labute approximate surface area is 102 Å². The van der Waals surface area contributed by atoms with Gasteiger partial charge in [-0.2, -0.15) is 0 Å². The van der Waals surface area contributed by atoms with Gasteiger partial charge in [-0.25, -0.2) is 9.97 Å². The summed E-state index contributed by atoms with van der Waals surface area (Å²) >= 11 is 3.36. The fourth-order valence-electron chi connectivity index (χ4n) is 1.45. The lowest BCUT2D eigenvalue weighted by atomic mass is 10.3. The van der Waals surface area contributed by atoms with Gasteiger partial charge >= 0.3 is 0 Å². The number of aromatic nitrogens is 3. The molecule has 0 saturated heterocycles. The van der Waals surface area contributed by atoms with Crippen LogP contribution in [0.1, 0.15) is 6.92 Å². The standard InChI is InChI=1S/C10H13BrN4O/c1-7(6-16)14(2)10-9-12-3-4-15(9)5-8(11)13-10/h3-5,7,16H,6H2,1-2H3. The second kappa shape index (κ2) is 4.39. The summed E-state index contributed by atoms with van der Waals surface area (Å²) < 4.78 is 2.64. The zero-order valence-electron chi connectivity index (χ0n) is 9.13. The van der Waals surface area contributed by atoms with E-state index in [2.05, 4.69) is 25.9 Å². The van der Waals surface area contributed by atoms with Gasteiger partial charge in [-0.3, -0.25) is 0 Å². The van der Waals surface area contributed by atoms with Crippen LogP contribution in [0.4, 0.5) is 5.82 Å². The molecule has 0 radical (unpaired) electrons. The summed E-state index contributed by atoms with van der Waals surface area (Å²) in [6, 6.07) is 0.00213. The van der Waals surface area contributed by atoms with E-state index in [1.165, 1.54) is 0 Å². The maximum atomic E-state index is 9.15. The van der Waals surface area contributed by atoms with Crippen LogP contribution in [-0.4, -0.2) is 39.2 Å². The van der Waals surface area contributed by atoms with Crippen LogP contribution in [0.25, 0.3) is 5.65 Å². The van der Waals surface area contributed by atoms with Crippen molar-refractivity contribution in [3.63, 3.8) is 0 Å². The summed E-state index contributed by atoms with van der Waals surface area (Å²) in [6.45, 7) is 2.01. The number of anilines is 1. The van der Waals surface area contributed by atoms with Crippen molar-refractivity contribution in [3.8, 4) is 0 Å². The van der Waals surface area contributed by atoms with E-state index in [4.69, 9.17) is 5.11 Å². The van der Waals surface area contributed by atoms with Gasteiger partial charge in [0.2, 0.25) is 0 Å². The minimum Gasteiger partial charge on any atom is -0.394 e. The van der Waals surface area contributed by atoms with Gasteiger partial charge < -0.3 is 14.4 Å². The van der Waals surface area contributed by atoms with Gasteiger partial charge in [0.15, 0.2) is 11.5 Å². The Morgan fingerprint density at radius 1 is 1.62 bits per heavy atom. The van der Waals surface area contributed by atoms with Gasteiger partial charge in [-0.15, -0.1) is 0 Å². The number of rotatable bonds is 3. The molecule has 0 amide bonds. The Bertz CT molecular complexity index is 499. The van der Waals surface area contributed by atoms with E-state index in [1.54, 1.807) is 6.20 Å². The van der Waals surface area contributed by atoms with Crippen molar-refractivity contribution in [3.05, 3.63) is 23.2 Å². The molecule has 86 valence electrons. The van der Waals surface area contributed by atoms with E-state index in [1.807, 2.05) is 35.7 Å². The summed E-state index contributed by atoms with van der Waals surface area (Å²) in [5, 5.41) is 9.15. The van der Waals surface area contributed by atoms with Crippen molar-refractivity contribution < 1.29 is 5.11 Å². The Balaban J connectivity index is 2.53. The van der Waals surface area contributed by atoms with Crippen LogP contribution in [0, 0.1) is 0 Å². The predicted molar refractivity (Wildman–Crippen MR) is 65.6 cm³/mol. The molecule has 2 aromatic rings. The average Bonchev–Trinajstić information content (AvgIpc) is 2.73. The van der Waals surface area contributed by atoms with Gasteiger partial charge in [0, 0.05) is 25.6 Å². The Morgan fingerprint density at radius 2 is 2.38 bits per heavy atom. The molecule has 2 aromatic heterocycles. The molecule has 0 aromatic carbocycles. The molecule has 0 aliphatic carbocycles. The molecule has 1 N–H and O–H groups in total. The van der Waals surface area contributed by atoms with E-state index in [9.17, 15) is 0 Å². The summed E-state index contributed by atoms with van der Waals surface area (Å²) in [7, 11) is 1.89. The highest BCUT2D eigenvalue weighted by atomic mass is 79.9. The van der Waals surface area contributed by atoms with Gasteiger partial charge in [0.25, 0.3) is 0 Å². The number of nitrogens with zero attached hydrogens (tertiary/aromatic N) is 4. The monoisotopic (exact) mass is 284 g/mol. The third-order valence-electron chi connectivity index (χ3n) is 2.59. The largest absolute Gasteiger partial charge is 0.394 e. The third-order valence-corrected chi connectivity index (χ3v) is 2.97. The number of aliphatic hydroxyl groups is 1. The molecule has 1 unspecified atom stereocenters. The molecule has 16 heavy (non-hydrogen) atoms. The molecule has 2 rings (SSSR count). The van der Waals surface area contributed by atoms with Crippen molar-refractivity contribution in [1.29, 1.82) is 0 Å². The van der Waals surface area contributed by atoms with E-state index in [0.29, 0.717) is 0 Å². The molecule has 0 saturated carbocycles. The molecule has 5 nitrogen and oxygen atoms in total. The smallest absolute Gasteiger partial charge is 0.180 e. The van der Waals surface area contributed by atoms with Crippen LogP contribution >= 0.6 is 15.9 Å². The highest BCUT2D eigenvalue weighted by Crippen LogP contribution is 2.21. The van der Waals surface area contributed by atoms with Crippen LogP contribution in [0.15, 0.2) is 23.2 Å². The summed E-state index contributed by atoms with van der Waals surface area (Å²) in [5.74, 6) is 0.751. The first-order chi connectivity index (χ1) is 7.63. The van der Waals surface area contributed by atoms with Crippen LogP contribution in [0.2, 0.25) is 0 Å². The van der Waals surface area contributed by atoms with E-state index in [-0.39, 0.29) is 12.6 Å². The van der Waals surface area contributed by atoms with Crippen LogP contribution in [0.5, 0.6) is 0 Å². The van der Waals surface area contributed by atoms with Crippen LogP contribution < -0.4 is 4.90 Å². The molecule has 0 bridgehead atoms. The maximum absolute atomic E-state index is 9.15. The number of likely N-dealkylation sites (N-methyl/N-ethyl adjacent to an activating group) is 1. The topological polar surface area (TPSA) is 53.7 Å². The number of aliphatic hydroxyl groups excluding tert-OH is 1. The first kappa shape index (κ1) is 11.3. The fraction of sp³-hybridized carbons (Fsp3) is 0.400. The number of hydrogen-bond acceptors (Lipinski definition) is 4. The minimum absolute atomic E-state index is 0.00213. The maximum Gasteiger partial charge on any atom is 0.180 e. The van der Waals surface area contributed by atoms with Crippen molar-refractivity contribution >= 4 is 27.4 Å². The summed E-state index contributed by atoms with van der Waals surface area (Å²) in [4.78, 5) is 10.6. The summed E-state index contributed by atoms with van der Waals surface area (Å²) in [5.41, 5.74) is 0.783. The predicted octanol–water partition coefficient (Wildman–Crippen LogP) is 1.31. The molecule has 0 aliphatic rings. The number of halogens is 1. The molecule has 6 heteroatoms. The van der Waals surface area contributed by atoms with Crippen LogP contribution in [0.3, 0.4) is 0 Å². The van der Waals surface area contributed by atoms with E-state index >= 15 is 0 Å². The van der Waals surface area contributed by atoms with Gasteiger partial charge in [-0.05, 0) is 22.9 Å². The minimum atomic E-state index is 0.00213. The first-order valence-electron chi connectivity index (χ1n) is 4.96. The normalized spacial score (nSPS) is 13.0. The quantitative estimate of drug-likeness (QED) is 0.923. The summed E-state index contributed by atoms with van der Waals surface area (Å²) in [6.07, 6.45) is 5.44. The second-order valence-electron chi connectivity index (χ2n) is 3.69. The molecular formula is C10H13BrN4O. The van der Waals surface area contributed by atoms with Crippen molar-refractivity contribution in [2.24, 2.45) is 0 Å². The lowest BCUT2D eigenvalue weighted by Crippen LogP contribution is -2.33. The van der Waals surface area contributed by atoms with Crippen LogP contribution in [-0.2, 0) is 0 Å². The molecular weight excluding hydrogens is 272 g/mol. The fourth-order valence-corrected chi connectivity index (χ4v) is 1.84. The third kappa shape index (κ3) is 1.90. The highest BCUT2D eigenvalue weighted by Gasteiger charge is 2.15. The Morgan fingerprint density at radius 3 is 3.06 bits per heavy atom. The van der Waals surface area contributed by atoms with Gasteiger partial charge in [0.1, 0.15) is 4.60 Å². The zero-order chi connectivity index (χ0) is 11.7. The van der Waals surface area contributed by atoms with E-state index < -0.39 is 0 Å². The van der Waals surface area contributed by atoms with Gasteiger partial charge in [0.05, 0.1) is 12.6 Å². The van der Waals surface area contributed by atoms with Gasteiger partial charge in [-0.1, -0.05) is 0 Å². The Kier molecular flexibility index (Phi) is 3.11. The lowest BCUT2D eigenvalue weighted by molar-refractivity contribution is 0.270. The van der Waals surface area contributed by atoms with Crippen molar-refractivity contribution in [2.75, 3.05) is 18.6 Å². The van der Waals surface area contributed by atoms with Crippen molar-refractivity contribution in [1.82, 2.24) is 14.4 Å². The number of hydrogen-bond donors (Lipinski definition) is 1. The molecule has 1 atom stereocenters. The molecule has 0 aliphatic heterocycles. The average molecular weight is 285 g/mol. The molecule has 0 spiro atoms. The number of imidazole rings is 1. The SMILES string of the molecule is CC(CO)N(C)c1nc(Br)cn2ccnc12.